The predicted molar refractivity (Wildman–Crippen MR) is 133 cm³/mol. The number of allylic oxidation sites excluding steroid dienone is 1. The van der Waals surface area contributed by atoms with E-state index in [9.17, 15) is 4.79 Å². The molecule has 178 valence electrons. The number of rotatable bonds is 6. The molecule has 5 rings (SSSR count). The zero-order chi connectivity index (χ0) is 22.2. The van der Waals surface area contributed by atoms with E-state index in [4.69, 9.17) is 10.5 Å². The summed E-state index contributed by atoms with van der Waals surface area (Å²) in [5.41, 5.74) is 11.9. The molecule has 0 saturated heterocycles. The number of H-pyrrole nitrogens is 1. The van der Waals surface area contributed by atoms with Crippen LogP contribution in [0.3, 0.4) is 0 Å². The van der Waals surface area contributed by atoms with Crippen molar-refractivity contribution in [3.8, 4) is 5.75 Å². The van der Waals surface area contributed by atoms with Crippen molar-refractivity contribution < 1.29 is 9.53 Å². The molecule has 0 bridgehead atoms. The number of amides is 1. The number of carbonyl (C=O) groups is 1. The van der Waals surface area contributed by atoms with Crippen molar-refractivity contribution in [1.29, 1.82) is 0 Å². The molecule has 6 nitrogen and oxygen atoms in total. The maximum atomic E-state index is 13.3. The van der Waals surface area contributed by atoms with Gasteiger partial charge in [0.25, 0.3) is 5.91 Å². The molecule has 1 aromatic heterocycles. The van der Waals surface area contributed by atoms with Gasteiger partial charge >= 0.3 is 0 Å². The Kier molecular flexibility index (Phi) is 7.05. The molecule has 7 heteroatoms. The molecule has 1 unspecified atom stereocenters. The first-order valence-electron chi connectivity index (χ1n) is 11.9. The summed E-state index contributed by atoms with van der Waals surface area (Å²) >= 11 is 0. The van der Waals surface area contributed by atoms with Crippen LogP contribution in [0.1, 0.15) is 73.9 Å². The number of nitrogens with one attached hydrogen (secondary N) is 3. The minimum atomic E-state index is -0.0606. The van der Waals surface area contributed by atoms with Gasteiger partial charge in [-0.15, -0.1) is 12.4 Å². The van der Waals surface area contributed by atoms with E-state index in [0.717, 1.165) is 60.6 Å². The highest BCUT2D eigenvalue weighted by Gasteiger charge is 2.33. The molecule has 33 heavy (non-hydrogen) atoms. The number of aryl methyl sites for hydroxylation is 1. The zero-order valence-corrected chi connectivity index (χ0v) is 20.3. The maximum absolute atomic E-state index is 13.3. The van der Waals surface area contributed by atoms with Gasteiger partial charge in [0.05, 0.1) is 23.9 Å². The Balaban J connectivity index is 0.00000259. The molecule has 2 saturated carbocycles. The second-order valence-electron chi connectivity index (χ2n) is 9.77. The minimum Gasteiger partial charge on any atom is -0.493 e. The van der Waals surface area contributed by atoms with Crippen molar-refractivity contribution in [2.24, 2.45) is 11.7 Å². The van der Waals surface area contributed by atoms with E-state index >= 15 is 0 Å². The Labute approximate surface area is 202 Å². The molecule has 2 aliphatic carbocycles. The average molecular weight is 471 g/mol. The van der Waals surface area contributed by atoms with Crippen LogP contribution < -0.4 is 21.1 Å². The van der Waals surface area contributed by atoms with Crippen LogP contribution in [0.2, 0.25) is 0 Å². The van der Waals surface area contributed by atoms with E-state index in [-0.39, 0.29) is 36.4 Å². The molecule has 1 aliphatic heterocycles. The molecule has 2 fully saturated rings. The first kappa shape index (κ1) is 23.7. The molecular weight excluding hydrogens is 436 g/mol. The minimum absolute atomic E-state index is 0. The summed E-state index contributed by atoms with van der Waals surface area (Å²) in [5, 5.41) is 6.87. The highest BCUT2D eigenvalue weighted by Crippen LogP contribution is 2.40. The Morgan fingerprint density at radius 2 is 1.85 bits per heavy atom. The lowest BCUT2D eigenvalue weighted by Gasteiger charge is -2.31. The van der Waals surface area contributed by atoms with Crippen LogP contribution >= 0.6 is 12.4 Å². The summed E-state index contributed by atoms with van der Waals surface area (Å²) in [5.74, 6) is 1.59. The van der Waals surface area contributed by atoms with Crippen molar-refractivity contribution in [3.05, 3.63) is 58.5 Å². The second-order valence-corrected chi connectivity index (χ2v) is 9.77. The zero-order valence-electron chi connectivity index (χ0n) is 19.4. The van der Waals surface area contributed by atoms with E-state index in [1.807, 2.05) is 13.1 Å². The SMILES string of the molecule is CC1=C(C(=O)NC2CCC(N)CC2)c2[nH]ccc2C(c2cc(C)ccc2OCC2CC2)N1.Cl. The molecule has 5 N–H and O–H groups in total. The van der Waals surface area contributed by atoms with E-state index in [2.05, 4.69) is 46.8 Å². The van der Waals surface area contributed by atoms with E-state index < -0.39 is 0 Å². The lowest BCUT2D eigenvalue weighted by atomic mass is 9.89. The summed E-state index contributed by atoms with van der Waals surface area (Å²) in [6, 6.07) is 8.84. The van der Waals surface area contributed by atoms with Crippen LogP contribution in [0.5, 0.6) is 5.75 Å². The molecular formula is C26H35ClN4O2. The third kappa shape index (κ3) is 5.07. The number of aromatic nitrogens is 1. The summed E-state index contributed by atoms with van der Waals surface area (Å²) in [6.07, 6.45) is 8.26. The number of halogens is 1. The summed E-state index contributed by atoms with van der Waals surface area (Å²) < 4.78 is 6.22. The molecule has 1 amide bonds. The van der Waals surface area contributed by atoms with Crippen LogP contribution in [0.4, 0.5) is 0 Å². The lowest BCUT2D eigenvalue weighted by Crippen LogP contribution is -2.42. The number of benzene rings is 1. The van der Waals surface area contributed by atoms with Crippen molar-refractivity contribution in [3.63, 3.8) is 0 Å². The first-order valence-corrected chi connectivity index (χ1v) is 11.9. The fourth-order valence-electron chi connectivity index (χ4n) is 4.96. The van der Waals surface area contributed by atoms with Gasteiger partial charge < -0.3 is 26.1 Å². The van der Waals surface area contributed by atoms with Crippen LogP contribution in [0.25, 0.3) is 5.57 Å². The fraction of sp³-hybridized carbons (Fsp3) is 0.500. The normalized spacial score (nSPS) is 24.4. The smallest absolute Gasteiger partial charge is 0.255 e. The molecule has 2 aromatic rings. The van der Waals surface area contributed by atoms with Crippen molar-refractivity contribution in [2.75, 3.05) is 6.61 Å². The lowest BCUT2D eigenvalue weighted by molar-refractivity contribution is -0.116. The van der Waals surface area contributed by atoms with Crippen LogP contribution in [0.15, 0.2) is 36.2 Å². The first-order chi connectivity index (χ1) is 15.5. The Morgan fingerprint density at radius 1 is 1.09 bits per heavy atom. The van der Waals surface area contributed by atoms with Gasteiger partial charge in [0, 0.05) is 35.1 Å². The number of aromatic amines is 1. The molecule has 3 aliphatic rings. The average Bonchev–Trinajstić information content (AvgIpc) is 3.48. The highest BCUT2D eigenvalue weighted by molar-refractivity contribution is 6.20. The van der Waals surface area contributed by atoms with Crippen molar-refractivity contribution in [1.82, 2.24) is 15.6 Å². The third-order valence-corrected chi connectivity index (χ3v) is 7.06. The number of carbonyl (C=O) groups excluding carboxylic acids is 1. The van der Waals surface area contributed by atoms with Gasteiger partial charge in [-0.2, -0.15) is 0 Å². The predicted octanol–water partition coefficient (Wildman–Crippen LogP) is 4.34. The monoisotopic (exact) mass is 470 g/mol. The Hall–Kier alpha value is -2.44. The standard InChI is InChI=1S/C26H34N4O2.ClH/c1-15-3-10-22(32-14-17-4-5-17)21(13-15)24-20-11-12-28-25(20)23(16(2)29-24)26(31)30-19-8-6-18(27)7-9-19;/h3,10-13,17-19,24,28-29H,4-9,14,27H2,1-2H3,(H,30,31);1H. The Morgan fingerprint density at radius 3 is 2.58 bits per heavy atom. The Bertz CT molecular complexity index is 1030. The molecule has 0 spiro atoms. The molecule has 2 heterocycles. The number of hydrogen-bond acceptors (Lipinski definition) is 4. The summed E-state index contributed by atoms with van der Waals surface area (Å²) in [4.78, 5) is 16.6. The number of nitrogens with two attached hydrogens (primary N) is 1. The van der Waals surface area contributed by atoms with Gasteiger partial charge in [-0.1, -0.05) is 11.6 Å². The van der Waals surface area contributed by atoms with E-state index in [1.54, 1.807) is 0 Å². The number of hydrogen-bond donors (Lipinski definition) is 4. The van der Waals surface area contributed by atoms with Gasteiger partial charge in [-0.3, -0.25) is 4.79 Å². The molecule has 1 aromatic carbocycles. The van der Waals surface area contributed by atoms with Gasteiger partial charge in [-0.25, -0.2) is 0 Å². The topological polar surface area (TPSA) is 92.2 Å². The third-order valence-electron chi connectivity index (χ3n) is 7.06. The van der Waals surface area contributed by atoms with E-state index in [1.165, 1.54) is 18.4 Å². The number of ether oxygens (including phenoxy) is 1. The van der Waals surface area contributed by atoms with Crippen LogP contribution in [-0.2, 0) is 4.79 Å². The van der Waals surface area contributed by atoms with Gasteiger partial charge in [-0.05, 0) is 76.5 Å². The molecule has 0 radical (unpaired) electrons. The van der Waals surface area contributed by atoms with Crippen LogP contribution in [-0.4, -0.2) is 29.6 Å². The highest BCUT2D eigenvalue weighted by atomic mass is 35.5. The van der Waals surface area contributed by atoms with Gasteiger partial charge in [0.2, 0.25) is 0 Å². The summed E-state index contributed by atoms with van der Waals surface area (Å²) in [7, 11) is 0. The maximum Gasteiger partial charge on any atom is 0.255 e. The van der Waals surface area contributed by atoms with Gasteiger partial charge in [0.15, 0.2) is 0 Å². The van der Waals surface area contributed by atoms with Crippen LogP contribution in [0, 0.1) is 12.8 Å². The van der Waals surface area contributed by atoms with Crippen molar-refractivity contribution in [2.45, 2.75) is 70.5 Å². The summed E-state index contributed by atoms with van der Waals surface area (Å²) in [6.45, 7) is 4.87. The largest absolute Gasteiger partial charge is 0.493 e. The number of fused-ring (bicyclic) bond motifs is 1. The molecule has 1 atom stereocenters. The van der Waals surface area contributed by atoms with Gasteiger partial charge in [0.1, 0.15) is 5.75 Å². The van der Waals surface area contributed by atoms with E-state index in [0.29, 0.717) is 11.5 Å². The quantitative estimate of drug-likeness (QED) is 0.505. The second kappa shape index (κ2) is 9.82. The van der Waals surface area contributed by atoms with Crippen molar-refractivity contribution >= 4 is 23.9 Å². The fourth-order valence-corrected chi connectivity index (χ4v) is 4.96.